The zero-order valence-electron chi connectivity index (χ0n) is 13.8. The molecule has 0 atom stereocenters. The molecule has 0 spiro atoms. The third kappa shape index (κ3) is 3.59. The van der Waals surface area contributed by atoms with Crippen LogP contribution in [0.25, 0.3) is 0 Å². The van der Waals surface area contributed by atoms with Crippen LogP contribution in [-0.4, -0.2) is 44.5 Å². The van der Waals surface area contributed by atoms with Gasteiger partial charge in [0.15, 0.2) is 0 Å². The quantitative estimate of drug-likeness (QED) is 0.896. The lowest BCUT2D eigenvalue weighted by Gasteiger charge is -2.26. The largest absolute Gasteiger partial charge is 0.493 e. The molecule has 124 valence electrons. The Morgan fingerprint density at radius 1 is 1.27 bits per heavy atom. The second kappa shape index (κ2) is 6.26. The van der Waals surface area contributed by atoms with E-state index in [9.17, 15) is 18.3 Å². The Bertz CT molecular complexity index is 672. The number of nitrogens with zero attached hydrogens (tertiary/aromatic N) is 1. The van der Waals surface area contributed by atoms with Gasteiger partial charge in [-0.1, -0.05) is 20.8 Å². The van der Waals surface area contributed by atoms with Crippen molar-refractivity contribution in [3.63, 3.8) is 0 Å². The van der Waals surface area contributed by atoms with Crippen LogP contribution in [0, 0.1) is 0 Å². The van der Waals surface area contributed by atoms with E-state index in [1.807, 2.05) is 20.8 Å². The number of carbonyl (C=O) groups is 1. The summed E-state index contributed by atoms with van der Waals surface area (Å²) in [5, 5.41) is 9.33. The molecule has 1 N–H and O–H groups in total. The van der Waals surface area contributed by atoms with Gasteiger partial charge in [-0.15, -0.1) is 0 Å². The van der Waals surface area contributed by atoms with Gasteiger partial charge in [0.1, 0.15) is 11.3 Å². The third-order valence-corrected chi connectivity index (χ3v) is 5.03. The number of hydrogen-bond acceptors (Lipinski definition) is 4. The van der Waals surface area contributed by atoms with E-state index in [1.165, 1.54) is 26.2 Å². The first-order valence-corrected chi connectivity index (χ1v) is 8.34. The van der Waals surface area contributed by atoms with Crippen LogP contribution in [0.2, 0.25) is 0 Å². The summed E-state index contributed by atoms with van der Waals surface area (Å²) in [5.41, 5.74) is -0.119. The van der Waals surface area contributed by atoms with Crippen LogP contribution < -0.4 is 4.74 Å². The smallest absolute Gasteiger partial charge is 0.339 e. The van der Waals surface area contributed by atoms with E-state index in [1.54, 1.807) is 6.92 Å². The van der Waals surface area contributed by atoms with E-state index in [0.717, 1.165) is 4.31 Å². The first-order valence-electron chi connectivity index (χ1n) is 6.90. The highest BCUT2D eigenvalue weighted by molar-refractivity contribution is 7.89. The highest BCUT2D eigenvalue weighted by Gasteiger charge is 2.30. The molecule has 0 fully saturated rings. The van der Waals surface area contributed by atoms with Gasteiger partial charge in [-0.3, -0.25) is 0 Å². The predicted octanol–water partition coefficient (Wildman–Crippen LogP) is 2.33. The van der Waals surface area contributed by atoms with Crippen molar-refractivity contribution in [1.82, 2.24) is 4.31 Å². The Balaban J connectivity index is 3.82. The van der Waals surface area contributed by atoms with E-state index >= 15 is 0 Å². The summed E-state index contributed by atoms with van der Waals surface area (Å²) in [4.78, 5) is 11.4. The molecule has 0 aliphatic carbocycles. The summed E-state index contributed by atoms with van der Waals surface area (Å²) in [5.74, 6) is -1.04. The molecule has 0 unspecified atom stereocenters. The normalized spacial score (nSPS) is 12.5. The van der Waals surface area contributed by atoms with E-state index < -0.39 is 21.4 Å². The van der Waals surface area contributed by atoms with Gasteiger partial charge in [0.05, 0.1) is 11.5 Å². The van der Waals surface area contributed by atoms with Crippen molar-refractivity contribution in [3.05, 3.63) is 23.3 Å². The first kappa shape index (κ1) is 18.4. The van der Waals surface area contributed by atoms with Gasteiger partial charge in [-0.05, 0) is 30.0 Å². The molecule has 0 aromatic heterocycles. The molecule has 1 aromatic carbocycles. The number of rotatable bonds is 5. The van der Waals surface area contributed by atoms with Crippen molar-refractivity contribution in [2.75, 3.05) is 20.7 Å². The number of carboxylic acid groups (broad SMARTS) is 1. The molecule has 1 rings (SSSR count). The number of ether oxygens (including phenoxy) is 1. The van der Waals surface area contributed by atoms with E-state index in [0.29, 0.717) is 12.2 Å². The van der Waals surface area contributed by atoms with Crippen molar-refractivity contribution >= 4 is 16.0 Å². The molecular formula is C15H23NO5S. The minimum Gasteiger partial charge on any atom is -0.493 e. The molecule has 0 amide bonds. The van der Waals surface area contributed by atoms with Gasteiger partial charge >= 0.3 is 5.97 Å². The van der Waals surface area contributed by atoms with Gasteiger partial charge in [0, 0.05) is 14.1 Å². The summed E-state index contributed by atoms with van der Waals surface area (Å²) in [6, 6.07) is 2.70. The number of benzene rings is 1. The number of carboxylic acids is 1. The second-order valence-corrected chi connectivity index (χ2v) is 8.24. The first-order chi connectivity index (χ1) is 9.92. The average molecular weight is 329 g/mol. The fourth-order valence-corrected chi connectivity index (χ4v) is 3.30. The van der Waals surface area contributed by atoms with Crippen molar-refractivity contribution in [3.8, 4) is 5.75 Å². The van der Waals surface area contributed by atoms with Crippen LogP contribution in [0.1, 0.15) is 43.6 Å². The van der Waals surface area contributed by atoms with Gasteiger partial charge in [0.25, 0.3) is 0 Å². The SMILES string of the molecule is CCOc1cc(C(C)(C)C)c(S(=O)(=O)N(C)C)cc1C(=O)O. The van der Waals surface area contributed by atoms with Crippen LogP contribution in [0.4, 0.5) is 0 Å². The Labute approximate surface area is 131 Å². The van der Waals surface area contributed by atoms with Crippen LogP contribution in [-0.2, 0) is 15.4 Å². The van der Waals surface area contributed by atoms with Gasteiger partial charge in [-0.2, -0.15) is 0 Å². The van der Waals surface area contributed by atoms with Gasteiger partial charge in [-0.25, -0.2) is 17.5 Å². The maximum absolute atomic E-state index is 12.5. The molecule has 7 heteroatoms. The predicted molar refractivity (Wildman–Crippen MR) is 84.1 cm³/mol. The van der Waals surface area contributed by atoms with Crippen molar-refractivity contribution < 1.29 is 23.1 Å². The van der Waals surface area contributed by atoms with Crippen LogP contribution in [0.5, 0.6) is 5.75 Å². The molecule has 6 nitrogen and oxygen atoms in total. The van der Waals surface area contributed by atoms with Crippen LogP contribution >= 0.6 is 0 Å². The molecule has 22 heavy (non-hydrogen) atoms. The summed E-state index contributed by atoms with van der Waals surface area (Å²) >= 11 is 0. The topological polar surface area (TPSA) is 83.9 Å². The zero-order chi connectivity index (χ0) is 17.3. The third-order valence-electron chi connectivity index (χ3n) is 3.18. The molecule has 0 heterocycles. The van der Waals surface area contributed by atoms with Gasteiger partial charge in [0.2, 0.25) is 10.0 Å². The lowest BCUT2D eigenvalue weighted by molar-refractivity contribution is 0.0692. The molecular weight excluding hydrogens is 306 g/mol. The zero-order valence-corrected chi connectivity index (χ0v) is 14.6. The summed E-state index contributed by atoms with van der Waals surface area (Å²) < 4.78 is 31.5. The Hall–Kier alpha value is -1.60. The van der Waals surface area contributed by atoms with E-state index in [-0.39, 0.29) is 16.2 Å². The Kier molecular flexibility index (Phi) is 5.25. The molecule has 0 radical (unpaired) electrons. The number of sulfonamides is 1. The van der Waals surface area contributed by atoms with Crippen LogP contribution in [0.3, 0.4) is 0 Å². The fourth-order valence-electron chi connectivity index (χ4n) is 2.00. The summed E-state index contributed by atoms with van der Waals surface area (Å²) in [6.45, 7) is 7.64. The summed E-state index contributed by atoms with van der Waals surface area (Å²) in [6.07, 6.45) is 0. The maximum atomic E-state index is 12.5. The van der Waals surface area contributed by atoms with E-state index in [4.69, 9.17) is 4.74 Å². The fraction of sp³-hybridized carbons (Fsp3) is 0.533. The highest BCUT2D eigenvalue weighted by Crippen LogP contribution is 2.35. The standard InChI is InChI=1S/C15H23NO5S/c1-7-21-12-9-11(15(2,3)4)13(8-10(12)14(17)18)22(19,20)16(5)6/h8-9H,7H2,1-6H3,(H,17,18). The minimum atomic E-state index is -3.76. The molecule has 0 bridgehead atoms. The lowest BCUT2D eigenvalue weighted by Crippen LogP contribution is -2.27. The number of hydrogen-bond donors (Lipinski definition) is 1. The maximum Gasteiger partial charge on any atom is 0.339 e. The summed E-state index contributed by atoms with van der Waals surface area (Å²) in [7, 11) is -0.933. The Morgan fingerprint density at radius 3 is 2.18 bits per heavy atom. The van der Waals surface area contributed by atoms with Crippen molar-refractivity contribution in [2.24, 2.45) is 0 Å². The molecule has 0 saturated carbocycles. The molecule has 0 saturated heterocycles. The minimum absolute atomic E-state index is 0.00847. The lowest BCUT2D eigenvalue weighted by atomic mass is 9.86. The highest BCUT2D eigenvalue weighted by atomic mass is 32.2. The van der Waals surface area contributed by atoms with Crippen molar-refractivity contribution in [2.45, 2.75) is 38.0 Å². The molecule has 0 aliphatic heterocycles. The monoisotopic (exact) mass is 329 g/mol. The molecule has 0 aliphatic rings. The number of aromatic carboxylic acids is 1. The van der Waals surface area contributed by atoms with Crippen molar-refractivity contribution in [1.29, 1.82) is 0 Å². The molecule has 1 aromatic rings. The Morgan fingerprint density at radius 2 is 1.82 bits per heavy atom. The average Bonchev–Trinajstić information content (AvgIpc) is 2.36. The van der Waals surface area contributed by atoms with Crippen LogP contribution in [0.15, 0.2) is 17.0 Å². The van der Waals surface area contributed by atoms with Gasteiger partial charge < -0.3 is 9.84 Å². The second-order valence-electron chi connectivity index (χ2n) is 6.12. The van der Waals surface area contributed by atoms with E-state index in [2.05, 4.69) is 0 Å².